The van der Waals surface area contributed by atoms with Crippen molar-refractivity contribution < 1.29 is 13.9 Å². The molecule has 2 atom stereocenters. The van der Waals surface area contributed by atoms with Crippen LogP contribution in [-0.2, 0) is 14.9 Å². The molecule has 1 fully saturated rings. The monoisotopic (exact) mass is 418 g/mol. The highest BCUT2D eigenvalue weighted by molar-refractivity contribution is 6.30. The number of carbonyl (C=O) groups excluding carboxylic acids is 1. The first-order chi connectivity index (χ1) is 13.9. The van der Waals surface area contributed by atoms with E-state index in [0.717, 1.165) is 24.0 Å². The van der Waals surface area contributed by atoms with Crippen molar-refractivity contribution in [3.63, 3.8) is 0 Å². The third-order valence-corrected chi connectivity index (χ3v) is 6.01. The van der Waals surface area contributed by atoms with E-state index in [2.05, 4.69) is 10.6 Å². The maximum Gasteiger partial charge on any atom is 0.237 e. The number of hydrogen-bond acceptors (Lipinski definition) is 3. The number of carbonyl (C=O) groups is 1. The van der Waals surface area contributed by atoms with Crippen LogP contribution in [0.15, 0.2) is 48.5 Å². The van der Waals surface area contributed by atoms with Gasteiger partial charge in [-0.05, 0) is 62.1 Å². The Labute approximate surface area is 176 Å². The van der Waals surface area contributed by atoms with Crippen molar-refractivity contribution in [3.05, 3.63) is 70.5 Å². The molecule has 1 heterocycles. The predicted molar refractivity (Wildman–Crippen MR) is 114 cm³/mol. The number of ether oxygens (including phenoxy) is 1. The lowest BCUT2D eigenvalue weighted by Gasteiger charge is -2.38. The van der Waals surface area contributed by atoms with Crippen LogP contribution in [0.5, 0.6) is 0 Å². The molecule has 29 heavy (non-hydrogen) atoms. The Hall–Kier alpha value is -1.95. The summed E-state index contributed by atoms with van der Waals surface area (Å²) >= 11 is 5.93. The maximum atomic E-state index is 13.8. The fourth-order valence-corrected chi connectivity index (χ4v) is 3.89. The molecule has 0 saturated carbocycles. The van der Waals surface area contributed by atoms with E-state index in [1.165, 1.54) is 6.07 Å². The molecule has 6 heteroatoms. The second kappa shape index (κ2) is 9.70. The third-order valence-electron chi connectivity index (χ3n) is 5.76. The average Bonchev–Trinajstić information content (AvgIpc) is 2.73. The zero-order valence-corrected chi connectivity index (χ0v) is 17.6. The van der Waals surface area contributed by atoms with E-state index in [9.17, 15) is 9.18 Å². The van der Waals surface area contributed by atoms with Crippen molar-refractivity contribution in [1.82, 2.24) is 10.6 Å². The Kier molecular flexibility index (Phi) is 7.28. The summed E-state index contributed by atoms with van der Waals surface area (Å²) in [6, 6.07) is 13.7. The van der Waals surface area contributed by atoms with Crippen molar-refractivity contribution in [2.75, 3.05) is 19.8 Å². The van der Waals surface area contributed by atoms with Gasteiger partial charge in [0.2, 0.25) is 5.91 Å². The van der Waals surface area contributed by atoms with Crippen LogP contribution in [0.25, 0.3) is 0 Å². The second-order valence-corrected chi connectivity index (χ2v) is 8.22. The summed E-state index contributed by atoms with van der Waals surface area (Å²) in [6.07, 6.45) is 1.58. The van der Waals surface area contributed by atoms with Gasteiger partial charge in [0.25, 0.3) is 0 Å². The number of halogens is 2. The largest absolute Gasteiger partial charge is 0.381 e. The summed E-state index contributed by atoms with van der Waals surface area (Å²) in [7, 11) is 0. The van der Waals surface area contributed by atoms with Crippen molar-refractivity contribution >= 4 is 17.5 Å². The van der Waals surface area contributed by atoms with Crippen molar-refractivity contribution in [2.24, 2.45) is 0 Å². The SMILES string of the molecule is CC(NCC1(c2cccc(F)c2)CCOCC1)C(=O)NC(C)c1ccc(Cl)cc1. The maximum absolute atomic E-state index is 13.8. The molecule has 1 amide bonds. The smallest absolute Gasteiger partial charge is 0.237 e. The van der Waals surface area contributed by atoms with E-state index in [1.807, 2.05) is 44.2 Å². The van der Waals surface area contributed by atoms with Gasteiger partial charge in [-0.3, -0.25) is 4.79 Å². The van der Waals surface area contributed by atoms with E-state index in [1.54, 1.807) is 12.1 Å². The van der Waals surface area contributed by atoms with Crippen LogP contribution < -0.4 is 10.6 Å². The molecule has 0 aromatic heterocycles. The summed E-state index contributed by atoms with van der Waals surface area (Å²) in [6.45, 7) is 5.64. The van der Waals surface area contributed by atoms with Crippen LogP contribution in [0, 0.1) is 5.82 Å². The second-order valence-electron chi connectivity index (χ2n) is 7.79. The number of hydrogen-bond donors (Lipinski definition) is 2. The Morgan fingerprint density at radius 1 is 1.17 bits per heavy atom. The van der Waals surface area contributed by atoms with Crippen molar-refractivity contribution in [1.29, 1.82) is 0 Å². The molecule has 156 valence electrons. The predicted octanol–water partition coefficient (Wildman–Crippen LogP) is 4.38. The fourth-order valence-electron chi connectivity index (χ4n) is 3.76. The van der Waals surface area contributed by atoms with Crippen molar-refractivity contribution in [3.8, 4) is 0 Å². The normalized spacial score (nSPS) is 18.1. The van der Waals surface area contributed by atoms with Gasteiger partial charge in [-0.15, -0.1) is 0 Å². The zero-order chi connectivity index (χ0) is 20.9. The molecule has 4 nitrogen and oxygen atoms in total. The van der Waals surface area contributed by atoms with E-state index >= 15 is 0 Å². The number of benzene rings is 2. The Morgan fingerprint density at radius 3 is 2.52 bits per heavy atom. The minimum absolute atomic E-state index is 0.0751. The summed E-state index contributed by atoms with van der Waals surface area (Å²) in [5, 5.41) is 7.07. The summed E-state index contributed by atoms with van der Waals surface area (Å²) in [5.41, 5.74) is 1.71. The number of amides is 1. The number of nitrogens with one attached hydrogen (secondary N) is 2. The first kappa shape index (κ1) is 21.8. The van der Waals surface area contributed by atoms with Gasteiger partial charge < -0.3 is 15.4 Å². The molecule has 0 aliphatic carbocycles. The molecule has 3 rings (SSSR count). The van der Waals surface area contributed by atoms with Crippen LogP contribution in [-0.4, -0.2) is 31.7 Å². The molecular weight excluding hydrogens is 391 g/mol. The highest BCUT2D eigenvalue weighted by Crippen LogP contribution is 2.34. The van der Waals surface area contributed by atoms with Gasteiger partial charge in [-0.25, -0.2) is 4.39 Å². The first-order valence-electron chi connectivity index (χ1n) is 10.0. The first-order valence-corrected chi connectivity index (χ1v) is 10.4. The van der Waals surface area contributed by atoms with Crippen LogP contribution in [0.1, 0.15) is 43.9 Å². The topological polar surface area (TPSA) is 50.4 Å². The molecule has 2 aromatic carbocycles. The van der Waals surface area contributed by atoms with Gasteiger partial charge in [0.15, 0.2) is 0 Å². The van der Waals surface area contributed by atoms with Crippen molar-refractivity contribution in [2.45, 2.75) is 44.2 Å². The molecule has 1 aliphatic heterocycles. The van der Waals surface area contributed by atoms with Crippen LogP contribution in [0.3, 0.4) is 0 Å². The molecule has 1 saturated heterocycles. The van der Waals surface area contributed by atoms with Crippen LogP contribution in [0.2, 0.25) is 5.02 Å². The molecule has 2 aromatic rings. The van der Waals surface area contributed by atoms with Gasteiger partial charge in [-0.2, -0.15) is 0 Å². The lowest BCUT2D eigenvalue weighted by atomic mass is 9.74. The minimum Gasteiger partial charge on any atom is -0.381 e. The summed E-state index contributed by atoms with van der Waals surface area (Å²) in [5.74, 6) is -0.315. The molecular formula is C23H28ClFN2O2. The standard InChI is InChI=1S/C23H28ClFN2O2/c1-16(18-6-8-20(24)9-7-18)27-22(28)17(2)26-15-23(10-12-29-13-11-23)19-4-3-5-21(25)14-19/h3-9,14,16-17,26H,10-13,15H2,1-2H3,(H,27,28). The van der Waals surface area contributed by atoms with Gasteiger partial charge in [0.1, 0.15) is 5.82 Å². The van der Waals surface area contributed by atoms with E-state index in [-0.39, 0.29) is 29.2 Å². The fraction of sp³-hybridized carbons (Fsp3) is 0.435. The molecule has 0 bridgehead atoms. The van der Waals surface area contributed by atoms with Crippen LogP contribution >= 0.6 is 11.6 Å². The molecule has 0 spiro atoms. The highest BCUT2D eigenvalue weighted by atomic mass is 35.5. The highest BCUT2D eigenvalue weighted by Gasteiger charge is 2.35. The van der Waals surface area contributed by atoms with Gasteiger partial charge in [-0.1, -0.05) is 35.9 Å². The van der Waals surface area contributed by atoms with E-state index in [4.69, 9.17) is 16.3 Å². The summed E-state index contributed by atoms with van der Waals surface area (Å²) in [4.78, 5) is 12.7. The lowest BCUT2D eigenvalue weighted by Crippen LogP contribution is -2.50. The van der Waals surface area contributed by atoms with Gasteiger partial charge in [0.05, 0.1) is 12.1 Å². The van der Waals surface area contributed by atoms with E-state index < -0.39 is 0 Å². The average molecular weight is 419 g/mol. The third kappa shape index (κ3) is 5.56. The minimum atomic E-state index is -0.377. The quantitative estimate of drug-likeness (QED) is 0.701. The lowest BCUT2D eigenvalue weighted by molar-refractivity contribution is -0.123. The molecule has 2 unspecified atom stereocenters. The Morgan fingerprint density at radius 2 is 1.86 bits per heavy atom. The number of rotatable bonds is 7. The zero-order valence-electron chi connectivity index (χ0n) is 16.9. The Bertz CT molecular complexity index is 822. The molecule has 2 N–H and O–H groups in total. The van der Waals surface area contributed by atoms with E-state index in [0.29, 0.717) is 24.8 Å². The molecule has 0 radical (unpaired) electrons. The molecule has 1 aliphatic rings. The van der Waals surface area contributed by atoms with Crippen LogP contribution in [0.4, 0.5) is 4.39 Å². The summed E-state index contributed by atoms with van der Waals surface area (Å²) < 4.78 is 19.4. The van der Waals surface area contributed by atoms with Gasteiger partial charge >= 0.3 is 0 Å². The Balaban J connectivity index is 1.63. The van der Waals surface area contributed by atoms with Gasteiger partial charge in [0, 0.05) is 30.2 Å².